The van der Waals surface area contributed by atoms with Crippen molar-refractivity contribution in [3.63, 3.8) is 0 Å². The molecule has 2 heterocycles. The first-order valence-corrected chi connectivity index (χ1v) is 6.50. The molecule has 1 aromatic heterocycles. The molecule has 1 aliphatic heterocycles. The molecule has 3 nitrogen and oxygen atoms in total. The third kappa shape index (κ3) is 2.16. The summed E-state index contributed by atoms with van der Waals surface area (Å²) in [6.45, 7) is 5.97. The molecule has 96 valence electrons. The highest BCUT2D eigenvalue weighted by molar-refractivity contribution is 5.77. The molecule has 0 amide bonds. The monoisotopic (exact) mass is 245 g/mol. The maximum atomic E-state index is 5.88. The smallest absolute Gasteiger partial charge is 0.134 e. The van der Waals surface area contributed by atoms with Gasteiger partial charge in [0.2, 0.25) is 0 Å². The van der Waals surface area contributed by atoms with Crippen molar-refractivity contribution in [1.29, 1.82) is 0 Å². The Morgan fingerprint density at radius 3 is 2.89 bits per heavy atom. The van der Waals surface area contributed by atoms with Crippen molar-refractivity contribution in [2.24, 2.45) is 0 Å². The van der Waals surface area contributed by atoms with Gasteiger partial charge in [-0.15, -0.1) is 0 Å². The maximum absolute atomic E-state index is 5.88. The molecule has 0 spiro atoms. The number of hydrogen-bond acceptors (Lipinski definition) is 3. The van der Waals surface area contributed by atoms with Crippen LogP contribution in [0.4, 0.5) is 0 Å². The summed E-state index contributed by atoms with van der Waals surface area (Å²) in [7, 11) is 0. The Morgan fingerprint density at radius 2 is 2.17 bits per heavy atom. The van der Waals surface area contributed by atoms with Gasteiger partial charge in [0.25, 0.3) is 0 Å². The van der Waals surface area contributed by atoms with E-state index >= 15 is 0 Å². The molecule has 1 aliphatic rings. The summed E-state index contributed by atoms with van der Waals surface area (Å²) < 4.78 is 11.3. The summed E-state index contributed by atoms with van der Waals surface area (Å²) in [5.41, 5.74) is 1.02. The lowest BCUT2D eigenvalue weighted by Gasteiger charge is -2.27. The van der Waals surface area contributed by atoms with Gasteiger partial charge < -0.3 is 9.15 Å². The molecule has 0 aliphatic carbocycles. The lowest BCUT2D eigenvalue weighted by molar-refractivity contribution is 0.166. The zero-order chi connectivity index (χ0) is 12.6. The predicted octanol–water partition coefficient (Wildman–Crippen LogP) is 3.26. The Bertz CT molecular complexity index is 507. The topological polar surface area (TPSA) is 34.4 Å². The Hall–Kier alpha value is -1.32. The Kier molecular flexibility index (Phi) is 2.88. The molecule has 0 unspecified atom stereocenters. The molecule has 1 saturated heterocycles. The fourth-order valence-corrected chi connectivity index (χ4v) is 2.59. The second-order valence-corrected chi connectivity index (χ2v) is 5.42. The average Bonchev–Trinajstić information content (AvgIpc) is 2.95. The summed E-state index contributed by atoms with van der Waals surface area (Å²) in [4.78, 5) is 0. The van der Waals surface area contributed by atoms with E-state index in [1.807, 2.05) is 18.2 Å². The summed E-state index contributed by atoms with van der Waals surface area (Å²) >= 11 is 0. The largest absolute Gasteiger partial charge is 0.459 e. The fraction of sp³-hybridized carbons (Fsp3) is 0.467. The van der Waals surface area contributed by atoms with Gasteiger partial charge in [-0.1, -0.05) is 18.2 Å². The van der Waals surface area contributed by atoms with E-state index in [0.29, 0.717) is 0 Å². The first kappa shape index (κ1) is 11.8. The quantitative estimate of drug-likeness (QED) is 0.901. The van der Waals surface area contributed by atoms with Crippen LogP contribution in [0, 0.1) is 0 Å². The molecule has 1 aromatic carbocycles. The Labute approximate surface area is 107 Å². The second kappa shape index (κ2) is 4.41. The zero-order valence-corrected chi connectivity index (χ0v) is 10.9. The van der Waals surface area contributed by atoms with Crippen LogP contribution in [0.25, 0.3) is 11.0 Å². The number of nitrogens with one attached hydrogen (secondary N) is 1. The normalized spacial score (nSPS) is 25.7. The summed E-state index contributed by atoms with van der Waals surface area (Å²) in [5.74, 6) is 0.990. The standard InChI is InChI=1S/C15H19NO2/c1-11(16-15(2)7-8-17-10-15)14-9-12-5-3-4-6-13(12)18-14/h3-6,9,11,16H,7-8,10H2,1-2H3/t11-,15+/m0/s1. The molecular formula is C15H19NO2. The van der Waals surface area contributed by atoms with Gasteiger partial charge in [0.1, 0.15) is 11.3 Å². The molecule has 3 rings (SSSR count). The number of rotatable bonds is 3. The van der Waals surface area contributed by atoms with Crippen molar-refractivity contribution < 1.29 is 9.15 Å². The second-order valence-electron chi connectivity index (χ2n) is 5.42. The number of benzene rings is 1. The SMILES string of the molecule is C[C@H](N[C@]1(C)CCOC1)c1cc2ccccc2o1. The summed E-state index contributed by atoms with van der Waals surface area (Å²) in [6, 6.07) is 10.4. The molecule has 18 heavy (non-hydrogen) atoms. The van der Waals surface area contributed by atoms with Crippen LogP contribution in [-0.2, 0) is 4.74 Å². The number of furan rings is 1. The van der Waals surface area contributed by atoms with Crippen molar-refractivity contribution >= 4 is 11.0 Å². The van der Waals surface area contributed by atoms with E-state index in [1.165, 1.54) is 0 Å². The van der Waals surface area contributed by atoms with E-state index in [4.69, 9.17) is 9.15 Å². The molecule has 3 heteroatoms. The molecule has 2 aromatic rings. The zero-order valence-electron chi connectivity index (χ0n) is 10.9. The van der Waals surface area contributed by atoms with Gasteiger partial charge in [-0.25, -0.2) is 0 Å². The highest BCUT2D eigenvalue weighted by atomic mass is 16.5. The highest BCUT2D eigenvalue weighted by Gasteiger charge is 2.31. The molecule has 0 radical (unpaired) electrons. The Balaban J connectivity index is 1.81. The summed E-state index contributed by atoms with van der Waals surface area (Å²) in [6.07, 6.45) is 1.05. The molecule has 2 atom stereocenters. The van der Waals surface area contributed by atoms with Gasteiger partial charge in [-0.05, 0) is 32.4 Å². The van der Waals surface area contributed by atoms with Crippen LogP contribution in [0.1, 0.15) is 32.1 Å². The number of ether oxygens (including phenoxy) is 1. The highest BCUT2D eigenvalue weighted by Crippen LogP contribution is 2.27. The Morgan fingerprint density at radius 1 is 1.33 bits per heavy atom. The van der Waals surface area contributed by atoms with E-state index in [0.717, 1.165) is 36.4 Å². The third-order valence-corrected chi connectivity index (χ3v) is 3.66. The molecule has 1 fully saturated rings. The van der Waals surface area contributed by atoms with Gasteiger partial charge in [0, 0.05) is 17.5 Å². The van der Waals surface area contributed by atoms with Gasteiger partial charge in [0.15, 0.2) is 0 Å². The van der Waals surface area contributed by atoms with Crippen LogP contribution in [0.2, 0.25) is 0 Å². The molecule has 0 saturated carbocycles. The molecular weight excluding hydrogens is 226 g/mol. The van der Waals surface area contributed by atoms with Crippen LogP contribution >= 0.6 is 0 Å². The van der Waals surface area contributed by atoms with E-state index in [-0.39, 0.29) is 11.6 Å². The lowest BCUT2D eigenvalue weighted by atomic mass is 10.00. The van der Waals surface area contributed by atoms with Crippen molar-refractivity contribution in [2.75, 3.05) is 13.2 Å². The predicted molar refractivity (Wildman–Crippen MR) is 71.6 cm³/mol. The number of para-hydroxylation sites is 1. The minimum Gasteiger partial charge on any atom is -0.459 e. The van der Waals surface area contributed by atoms with Crippen LogP contribution in [-0.4, -0.2) is 18.8 Å². The van der Waals surface area contributed by atoms with Crippen molar-refractivity contribution in [3.05, 3.63) is 36.1 Å². The summed E-state index contributed by atoms with van der Waals surface area (Å²) in [5, 5.41) is 4.77. The average molecular weight is 245 g/mol. The first-order chi connectivity index (χ1) is 8.66. The fourth-order valence-electron chi connectivity index (χ4n) is 2.59. The van der Waals surface area contributed by atoms with Crippen LogP contribution < -0.4 is 5.32 Å². The first-order valence-electron chi connectivity index (χ1n) is 6.50. The molecule has 1 N–H and O–H groups in total. The van der Waals surface area contributed by atoms with Gasteiger partial charge in [-0.2, -0.15) is 0 Å². The van der Waals surface area contributed by atoms with E-state index < -0.39 is 0 Å². The van der Waals surface area contributed by atoms with Gasteiger partial charge >= 0.3 is 0 Å². The van der Waals surface area contributed by atoms with Crippen molar-refractivity contribution in [1.82, 2.24) is 5.32 Å². The van der Waals surface area contributed by atoms with Crippen molar-refractivity contribution in [2.45, 2.75) is 31.8 Å². The van der Waals surface area contributed by atoms with Crippen LogP contribution in [0.5, 0.6) is 0 Å². The minimum absolute atomic E-state index is 0.0678. The molecule has 0 bridgehead atoms. The number of hydrogen-bond donors (Lipinski definition) is 1. The maximum Gasteiger partial charge on any atom is 0.134 e. The van der Waals surface area contributed by atoms with Gasteiger partial charge in [0.05, 0.1) is 12.6 Å². The van der Waals surface area contributed by atoms with E-state index in [9.17, 15) is 0 Å². The van der Waals surface area contributed by atoms with Crippen LogP contribution in [0.3, 0.4) is 0 Å². The lowest BCUT2D eigenvalue weighted by Crippen LogP contribution is -2.44. The van der Waals surface area contributed by atoms with Crippen LogP contribution in [0.15, 0.2) is 34.7 Å². The van der Waals surface area contributed by atoms with E-state index in [2.05, 4.69) is 31.3 Å². The number of fused-ring (bicyclic) bond motifs is 1. The third-order valence-electron chi connectivity index (χ3n) is 3.66. The van der Waals surface area contributed by atoms with Crippen molar-refractivity contribution in [3.8, 4) is 0 Å². The minimum atomic E-state index is 0.0678. The van der Waals surface area contributed by atoms with Gasteiger partial charge in [-0.3, -0.25) is 5.32 Å². The van der Waals surface area contributed by atoms with E-state index in [1.54, 1.807) is 0 Å².